The standard InChI is InChI=1S/C19H23NO3S.CH3NO2/c1-16-6-5-13-20(14-16)24(21,22)19-11-9-18(10-12-19)23-15-17-7-3-2-4-8-17;3-1-2-4/h2-4,7-12,16H,5-6,13-15H2,1H3;1,4H,(H,2,3). The van der Waals surface area contributed by atoms with Crippen molar-refractivity contribution in [3.05, 3.63) is 60.2 Å². The summed E-state index contributed by atoms with van der Waals surface area (Å²) in [6.45, 7) is 3.78. The Bertz CT molecular complexity index is 825. The van der Waals surface area contributed by atoms with Gasteiger partial charge in [0.15, 0.2) is 0 Å². The highest BCUT2D eigenvalue weighted by atomic mass is 32.2. The van der Waals surface area contributed by atoms with Gasteiger partial charge in [-0.3, -0.25) is 10.0 Å². The first-order valence-electron chi connectivity index (χ1n) is 9.07. The lowest BCUT2D eigenvalue weighted by atomic mass is 10.0. The molecule has 1 unspecified atom stereocenters. The second kappa shape index (κ2) is 10.8. The first kappa shape index (κ1) is 21.9. The minimum atomic E-state index is -3.40. The molecule has 0 aliphatic carbocycles. The quantitative estimate of drug-likeness (QED) is 0.437. The molecule has 1 amide bonds. The molecule has 1 atom stereocenters. The fourth-order valence-electron chi connectivity index (χ4n) is 2.96. The van der Waals surface area contributed by atoms with E-state index in [-0.39, 0.29) is 6.41 Å². The molecule has 1 saturated heterocycles. The number of hydrogen-bond donors (Lipinski definition) is 2. The number of piperidine rings is 1. The molecule has 1 aliphatic heterocycles. The largest absolute Gasteiger partial charge is 0.489 e. The van der Waals surface area contributed by atoms with Gasteiger partial charge < -0.3 is 4.74 Å². The molecule has 28 heavy (non-hydrogen) atoms. The van der Waals surface area contributed by atoms with Crippen molar-refractivity contribution >= 4 is 16.4 Å². The number of nitrogens with one attached hydrogen (secondary N) is 1. The van der Waals surface area contributed by atoms with Crippen LogP contribution in [-0.2, 0) is 21.4 Å². The van der Waals surface area contributed by atoms with Crippen LogP contribution in [0.2, 0.25) is 0 Å². The Balaban J connectivity index is 0.000000640. The average Bonchev–Trinajstić information content (AvgIpc) is 2.73. The van der Waals surface area contributed by atoms with Gasteiger partial charge in [-0.15, -0.1) is 0 Å². The van der Waals surface area contributed by atoms with Gasteiger partial charge in [0.05, 0.1) is 4.90 Å². The molecule has 2 N–H and O–H groups in total. The van der Waals surface area contributed by atoms with E-state index in [1.165, 1.54) is 5.48 Å². The summed E-state index contributed by atoms with van der Waals surface area (Å²) in [5, 5.41) is 7.26. The highest BCUT2D eigenvalue weighted by molar-refractivity contribution is 7.89. The number of rotatable bonds is 6. The van der Waals surface area contributed by atoms with Gasteiger partial charge in [0.1, 0.15) is 12.4 Å². The highest BCUT2D eigenvalue weighted by Crippen LogP contribution is 2.25. The second-order valence-corrected chi connectivity index (χ2v) is 8.54. The molecule has 2 aromatic rings. The molecule has 7 nitrogen and oxygen atoms in total. The van der Waals surface area contributed by atoms with Crippen LogP contribution in [0.15, 0.2) is 59.5 Å². The van der Waals surface area contributed by atoms with E-state index in [9.17, 15) is 8.42 Å². The molecule has 2 aromatic carbocycles. The summed E-state index contributed by atoms with van der Waals surface area (Å²) < 4.78 is 32.7. The van der Waals surface area contributed by atoms with Crippen molar-refractivity contribution in [2.75, 3.05) is 13.1 Å². The Kier molecular flexibility index (Phi) is 8.43. The van der Waals surface area contributed by atoms with Crippen LogP contribution >= 0.6 is 0 Å². The van der Waals surface area contributed by atoms with Crippen molar-refractivity contribution in [1.29, 1.82) is 0 Å². The maximum absolute atomic E-state index is 12.7. The molecule has 152 valence electrons. The van der Waals surface area contributed by atoms with E-state index in [4.69, 9.17) is 14.7 Å². The molecule has 1 fully saturated rings. The van der Waals surface area contributed by atoms with E-state index in [0.29, 0.717) is 36.3 Å². The second-order valence-electron chi connectivity index (χ2n) is 6.60. The summed E-state index contributed by atoms with van der Waals surface area (Å²) in [6.07, 6.45) is 2.21. The van der Waals surface area contributed by atoms with Crippen molar-refractivity contribution in [1.82, 2.24) is 9.79 Å². The third-order valence-corrected chi connectivity index (χ3v) is 6.26. The van der Waals surface area contributed by atoms with E-state index >= 15 is 0 Å². The number of ether oxygens (including phenoxy) is 1. The number of nitrogens with zero attached hydrogens (tertiary/aromatic N) is 1. The predicted molar refractivity (Wildman–Crippen MR) is 105 cm³/mol. The van der Waals surface area contributed by atoms with Crippen molar-refractivity contribution in [2.24, 2.45) is 5.92 Å². The van der Waals surface area contributed by atoms with E-state index < -0.39 is 10.0 Å². The predicted octanol–water partition coefficient (Wildman–Crippen LogP) is 2.81. The Morgan fingerprint density at radius 3 is 2.39 bits per heavy atom. The molecule has 0 radical (unpaired) electrons. The summed E-state index contributed by atoms with van der Waals surface area (Å²) in [6, 6.07) is 16.6. The van der Waals surface area contributed by atoms with Gasteiger partial charge in [0.2, 0.25) is 16.4 Å². The number of amides is 1. The lowest BCUT2D eigenvalue weighted by Gasteiger charge is -2.30. The zero-order valence-electron chi connectivity index (χ0n) is 15.8. The molecule has 3 rings (SSSR count). The first-order valence-corrected chi connectivity index (χ1v) is 10.5. The van der Waals surface area contributed by atoms with Crippen LogP contribution in [0.3, 0.4) is 0 Å². The monoisotopic (exact) mass is 406 g/mol. The van der Waals surface area contributed by atoms with E-state index in [1.54, 1.807) is 28.6 Å². The number of hydroxylamine groups is 1. The minimum Gasteiger partial charge on any atom is -0.489 e. The molecule has 0 spiro atoms. The minimum absolute atomic E-state index is 0.181. The van der Waals surface area contributed by atoms with Gasteiger partial charge in [0, 0.05) is 13.1 Å². The smallest absolute Gasteiger partial charge is 0.243 e. The third-order valence-electron chi connectivity index (χ3n) is 4.38. The summed E-state index contributed by atoms with van der Waals surface area (Å²) in [4.78, 5) is 9.15. The highest BCUT2D eigenvalue weighted by Gasteiger charge is 2.28. The number of carbonyl (C=O) groups excluding carboxylic acids is 1. The molecule has 0 bridgehead atoms. The summed E-state index contributed by atoms with van der Waals surface area (Å²) >= 11 is 0. The fourth-order valence-corrected chi connectivity index (χ4v) is 4.56. The van der Waals surface area contributed by atoms with Crippen molar-refractivity contribution in [3.8, 4) is 5.75 Å². The summed E-state index contributed by atoms with van der Waals surface area (Å²) in [7, 11) is -3.40. The first-order chi connectivity index (χ1) is 13.5. The van der Waals surface area contributed by atoms with Crippen LogP contribution < -0.4 is 10.2 Å². The maximum Gasteiger partial charge on any atom is 0.243 e. The van der Waals surface area contributed by atoms with Crippen LogP contribution in [0, 0.1) is 5.92 Å². The Labute approximate surface area is 166 Å². The van der Waals surface area contributed by atoms with Gasteiger partial charge in [-0.25, -0.2) is 13.9 Å². The molecule has 1 heterocycles. The summed E-state index contributed by atoms with van der Waals surface area (Å²) in [5.41, 5.74) is 2.33. The topological polar surface area (TPSA) is 95.9 Å². The molecule has 1 aliphatic rings. The van der Waals surface area contributed by atoms with E-state index in [2.05, 4.69) is 6.92 Å². The molecule has 8 heteroatoms. The lowest BCUT2D eigenvalue weighted by molar-refractivity contribution is -0.116. The number of sulfonamides is 1. The van der Waals surface area contributed by atoms with Gasteiger partial charge >= 0.3 is 0 Å². The molecule has 0 saturated carbocycles. The Morgan fingerprint density at radius 2 is 1.82 bits per heavy atom. The van der Waals surface area contributed by atoms with E-state index in [1.807, 2.05) is 30.3 Å². The van der Waals surface area contributed by atoms with Crippen LogP contribution in [0.5, 0.6) is 5.75 Å². The fraction of sp³-hybridized carbons (Fsp3) is 0.350. The zero-order chi connectivity index (χ0) is 20.4. The SMILES string of the molecule is CC1CCCN(S(=O)(=O)c2ccc(OCc3ccccc3)cc2)C1.O=CNO. The van der Waals surface area contributed by atoms with Gasteiger partial charge in [-0.05, 0) is 48.6 Å². The lowest BCUT2D eigenvalue weighted by Crippen LogP contribution is -2.39. The Hall–Kier alpha value is -2.42. The van der Waals surface area contributed by atoms with Crippen LogP contribution in [0.25, 0.3) is 0 Å². The molecule has 0 aromatic heterocycles. The van der Waals surface area contributed by atoms with Gasteiger partial charge in [-0.1, -0.05) is 37.3 Å². The third kappa shape index (κ3) is 6.33. The zero-order valence-corrected chi connectivity index (χ0v) is 16.6. The number of hydrogen-bond acceptors (Lipinski definition) is 5. The van der Waals surface area contributed by atoms with Crippen LogP contribution in [0.4, 0.5) is 0 Å². The van der Waals surface area contributed by atoms with Gasteiger partial charge in [0.25, 0.3) is 0 Å². The van der Waals surface area contributed by atoms with Crippen LogP contribution in [-0.4, -0.2) is 37.4 Å². The molecular formula is C20H26N2O5S. The maximum atomic E-state index is 12.7. The van der Waals surface area contributed by atoms with Crippen molar-refractivity contribution in [2.45, 2.75) is 31.3 Å². The number of carbonyl (C=O) groups is 1. The average molecular weight is 407 g/mol. The number of benzene rings is 2. The van der Waals surface area contributed by atoms with Crippen molar-refractivity contribution < 1.29 is 23.2 Å². The van der Waals surface area contributed by atoms with E-state index in [0.717, 1.165) is 18.4 Å². The summed E-state index contributed by atoms with van der Waals surface area (Å²) in [5.74, 6) is 1.09. The van der Waals surface area contributed by atoms with Crippen molar-refractivity contribution in [3.63, 3.8) is 0 Å². The van der Waals surface area contributed by atoms with Gasteiger partial charge in [-0.2, -0.15) is 4.31 Å². The normalized spacial score (nSPS) is 17.1. The molecular weight excluding hydrogens is 380 g/mol. The van der Waals surface area contributed by atoms with Crippen LogP contribution in [0.1, 0.15) is 25.3 Å². The Morgan fingerprint density at radius 1 is 1.18 bits per heavy atom.